The summed E-state index contributed by atoms with van der Waals surface area (Å²) in [6.45, 7) is 0. The number of rotatable bonds is 3. The predicted molar refractivity (Wildman–Crippen MR) is 109 cm³/mol. The van der Waals surface area contributed by atoms with E-state index in [-0.39, 0.29) is 5.91 Å². The van der Waals surface area contributed by atoms with Crippen molar-refractivity contribution in [1.82, 2.24) is 15.8 Å². The number of carbonyl (C=O) groups is 2. The minimum atomic E-state index is -0.414. The van der Waals surface area contributed by atoms with Crippen LogP contribution in [-0.4, -0.2) is 16.8 Å². The maximum absolute atomic E-state index is 12.7. The lowest BCUT2D eigenvalue weighted by atomic mass is 10.1. The molecule has 4 aromatic rings. The summed E-state index contributed by atoms with van der Waals surface area (Å²) in [5.41, 5.74) is 6.69. The predicted octanol–water partition coefficient (Wildman–Crippen LogP) is 4.75. The van der Waals surface area contributed by atoms with E-state index in [2.05, 4.69) is 15.8 Å². The maximum Gasteiger partial charge on any atom is 0.279 e. The lowest BCUT2D eigenvalue weighted by molar-refractivity contribution is 0.0850. The Balaban J connectivity index is 1.67. The highest BCUT2D eigenvalue weighted by atomic mass is 35.5. The molecule has 5 nitrogen and oxygen atoms in total. The van der Waals surface area contributed by atoms with Crippen LogP contribution in [0, 0.1) is 0 Å². The number of hydrogen-bond acceptors (Lipinski definition) is 5. The molecule has 1 aromatic carbocycles. The SMILES string of the molecule is O=C(NNC(=O)c1cc(-c2ccc(Cl)s2)nc2ccccc12)c1cccs1. The van der Waals surface area contributed by atoms with Gasteiger partial charge in [-0.05, 0) is 35.7 Å². The molecule has 0 atom stereocenters. The lowest BCUT2D eigenvalue weighted by Gasteiger charge is -2.10. The average molecular weight is 414 g/mol. The molecule has 0 aliphatic carbocycles. The molecule has 3 heterocycles. The Bertz CT molecular complexity index is 1140. The first-order chi connectivity index (χ1) is 13.1. The Morgan fingerprint density at radius 3 is 2.52 bits per heavy atom. The van der Waals surface area contributed by atoms with Crippen molar-refractivity contribution in [2.45, 2.75) is 0 Å². The highest BCUT2D eigenvalue weighted by Crippen LogP contribution is 2.32. The number of fused-ring (bicyclic) bond motifs is 1. The molecule has 4 rings (SSSR count). The van der Waals surface area contributed by atoms with Crippen LogP contribution in [0.4, 0.5) is 0 Å². The molecule has 8 heteroatoms. The van der Waals surface area contributed by atoms with E-state index < -0.39 is 5.91 Å². The zero-order valence-electron chi connectivity index (χ0n) is 13.7. The molecule has 2 N–H and O–H groups in total. The molecule has 3 aromatic heterocycles. The molecule has 0 aliphatic heterocycles. The maximum atomic E-state index is 12.7. The molecular formula is C19H12ClN3O2S2. The summed E-state index contributed by atoms with van der Waals surface area (Å²) in [6, 6.07) is 16.2. The third-order valence-corrected chi connectivity index (χ3v) is 5.94. The monoisotopic (exact) mass is 413 g/mol. The van der Waals surface area contributed by atoms with Gasteiger partial charge in [0.15, 0.2) is 0 Å². The minimum absolute atomic E-state index is 0.359. The van der Waals surface area contributed by atoms with E-state index in [9.17, 15) is 9.59 Å². The number of carbonyl (C=O) groups excluding carboxylic acids is 2. The van der Waals surface area contributed by atoms with Crippen LogP contribution in [-0.2, 0) is 0 Å². The lowest BCUT2D eigenvalue weighted by Crippen LogP contribution is -2.41. The highest BCUT2D eigenvalue weighted by molar-refractivity contribution is 7.19. The molecule has 0 bridgehead atoms. The Morgan fingerprint density at radius 2 is 1.78 bits per heavy atom. The van der Waals surface area contributed by atoms with Crippen molar-refractivity contribution < 1.29 is 9.59 Å². The van der Waals surface area contributed by atoms with E-state index in [4.69, 9.17) is 11.6 Å². The highest BCUT2D eigenvalue weighted by Gasteiger charge is 2.16. The van der Waals surface area contributed by atoms with Gasteiger partial charge in [0.25, 0.3) is 11.8 Å². The van der Waals surface area contributed by atoms with Crippen molar-refractivity contribution in [2.24, 2.45) is 0 Å². The quantitative estimate of drug-likeness (QED) is 0.476. The Kier molecular flexibility index (Phi) is 4.89. The van der Waals surface area contributed by atoms with Gasteiger partial charge in [0.05, 0.1) is 30.9 Å². The van der Waals surface area contributed by atoms with E-state index in [0.29, 0.717) is 31.4 Å². The van der Waals surface area contributed by atoms with E-state index in [0.717, 1.165) is 4.88 Å². The minimum Gasteiger partial charge on any atom is -0.267 e. The second-order valence-corrected chi connectivity index (χ2v) is 8.22. The van der Waals surface area contributed by atoms with Crippen LogP contribution in [0.15, 0.2) is 60.0 Å². The van der Waals surface area contributed by atoms with Gasteiger partial charge < -0.3 is 0 Å². The fraction of sp³-hybridized carbons (Fsp3) is 0. The van der Waals surface area contributed by atoms with E-state index in [1.54, 1.807) is 29.6 Å². The number of aromatic nitrogens is 1. The number of hydrogen-bond donors (Lipinski definition) is 2. The molecule has 134 valence electrons. The van der Waals surface area contributed by atoms with Crippen molar-refractivity contribution in [2.75, 3.05) is 0 Å². The summed E-state index contributed by atoms with van der Waals surface area (Å²) < 4.78 is 0.647. The van der Waals surface area contributed by atoms with Gasteiger partial charge in [0.2, 0.25) is 0 Å². The standard InChI is InChI=1S/C19H12ClN3O2S2/c20-17-8-7-15(27-17)14-10-12(11-4-1-2-5-13(11)21-14)18(24)22-23-19(25)16-6-3-9-26-16/h1-10H,(H,22,24)(H,23,25). The first-order valence-corrected chi connectivity index (χ1v) is 9.99. The number of nitrogens with zero attached hydrogens (tertiary/aromatic N) is 1. The number of hydrazine groups is 1. The zero-order valence-corrected chi connectivity index (χ0v) is 16.1. The molecule has 0 spiro atoms. The van der Waals surface area contributed by atoms with Gasteiger partial charge in [-0.1, -0.05) is 35.9 Å². The van der Waals surface area contributed by atoms with Gasteiger partial charge in [-0.3, -0.25) is 20.4 Å². The number of benzene rings is 1. The first-order valence-electron chi connectivity index (χ1n) is 7.91. The molecule has 0 aliphatic rings. The van der Waals surface area contributed by atoms with Crippen molar-refractivity contribution >= 4 is 57.0 Å². The second-order valence-electron chi connectivity index (χ2n) is 5.56. The number of pyridine rings is 1. The summed E-state index contributed by atoms with van der Waals surface area (Å²) >= 11 is 8.72. The number of thiophene rings is 2. The van der Waals surface area contributed by atoms with E-state index in [1.165, 1.54) is 22.7 Å². The van der Waals surface area contributed by atoms with E-state index in [1.807, 2.05) is 30.3 Å². The van der Waals surface area contributed by atoms with Gasteiger partial charge in [0, 0.05) is 5.39 Å². The van der Waals surface area contributed by atoms with Gasteiger partial charge in [0.1, 0.15) is 0 Å². The fourth-order valence-corrected chi connectivity index (χ4v) is 4.21. The average Bonchev–Trinajstić information content (AvgIpc) is 3.37. The summed E-state index contributed by atoms with van der Waals surface area (Å²) in [5, 5.41) is 2.50. The van der Waals surface area contributed by atoms with Crippen LogP contribution in [0.3, 0.4) is 0 Å². The number of nitrogens with one attached hydrogen (secondary N) is 2. The summed E-state index contributed by atoms with van der Waals surface area (Å²) in [4.78, 5) is 30.8. The summed E-state index contributed by atoms with van der Waals surface area (Å²) in [5.74, 6) is -0.774. The van der Waals surface area contributed by atoms with Crippen LogP contribution in [0.2, 0.25) is 4.34 Å². The molecule has 0 radical (unpaired) electrons. The Hall–Kier alpha value is -2.74. The molecule has 2 amide bonds. The van der Waals surface area contributed by atoms with Gasteiger partial charge >= 0.3 is 0 Å². The van der Waals surface area contributed by atoms with Crippen molar-refractivity contribution in [1.29, 1.82) is 0 Å². The number of para-hydroxylation sites is 1. The van der Waals surface area contributed by atoms with Crippen molar-refractivity contribution in [3.05, 3.63) is 74.8 Å². The smallest absolute Gasteiger partial charge is 0.267 e. The molecule has 0 fully saturated rings. The van der Waals surface area contributed by atoms with Gasteiger partial charge in [-0.15, -0.1) is 22.7 Å². The van der Waals surface area contributed by atoms with Crippen LogP contribution < -0.4 is 10.9 Å². The number of halogens is 1. The van der Waals surface area contributed by atoms with Gasteiger partial charge in [-0.25, -0.2) is 4.98 Å². The summed E-state index contributed by atoms with van der Waals surface area (Å²) in [6.07, 6.45) is 0. The molecular weight excluding hydrogens is 402 g/mol. The Morgan fingerprint density at radius 1 is 0.963 bits per heavy atom. The fourth-order valence-electron chi connectivity index (χ4n) is 2.59. The zero-order chi connectivity index (χ0) is 18.8. The van der Waals surface area contributed by atoms with E-state index >= 15 is 0 Å². The van der Waals surface area contributed by atoms with Crippen LogP contribution >= 0.6 is 34.3 Å². The molecule has 0 saturated heterocycles. The largest absolute Gasteiger partial charge is 0.279 e. The summed E-state index contributed by atoms with van der Waals surface area (Å²) in [7, 11) is 0. The topological polar surface area (TPSA) is 71.1 Å². The van der Waals surface area contributed by atoms with Crippen molar-refractivity contribution in [3.63, 3.8) is 0 Å². The third-order valence-electron chi connectivity index (χ3n) is 3.82. The van der Waals surface area contributed by atoms with Crippen LogP contribution in [0.5, 0.6) is 0 Å². The number of amides is 2. The van der Waals surface area contributed by atoms with Crippen LogP contribution in [0.1, 0.15) is 20.0 Å². The molecule has 0 unspecified atom stereocenters. The van der Waals surface area contributed by atoms with Crippen molar-refractivity contribution in [3.8, 4) is 10.6 Å². The Labute approximate surface area is 167 Å². The van der Waals surface area contributed by atoms with Crippen LogP contribution in [0.25, 0.3) is 21.5 Å². The molecule has 27 heavy (non-hydrogen) atoms. The van der Waals surface area contributed by atoms with Gasteiger partial charge in [-0.2, -0.15) is 0 Å². The molecule has 0 saturated carbocycles. The first kappa shape index (κ1) is 17.7. The third kappa shape index (κ3) is 3.71. The second kappa shape index (κ2) is 7.48. The normalized spacial score (nSPS) is 10.7.